The van der Waals surface area contributed by atoms with Gasteiger partial charge < -0.3 is 4.74 Å². The molecule has 2 nitrogen and oxygen atoms in total. The van der Waals surface area contributed by atoms with Crippen molar-refractivity contribution in [3.63, 3.8) is 0 Å². The molecule has 2 aliphatic carbocycles. The molecule has 1 unspecified atom stereocenters. The molecule has 2 saturated carbocycles. The molecule has 0 aliphatic heterocycles. The second kappa shape index (κ2) is 3.32. The molecule has 0 amide bonds. The lowest BCUT2D eigenvalue weighted by Gasteiger charge is -2.12. The Morgan fingerprint density at radius 2 is 1.85 bits per heavy atom. The highest BCUT2D eigenvalue weighted by Gasteiger charge is 2.57. The predicted octanol–water partition coefficient (Wildman–Crippen LogP) is 2.52. The highest BCUT2D eigenvalue weighted by molar-refractivity contribution is 5.76. The fourth-order valence-corrected chi connectivity index (χ4v) is 2.81. The van der Waals surface area contributed by atoms with E-state index in [0.29, 0.717) is 5.41 Å². The summed E-state index contributed by atoms with van der Waals surface area (Å²) in [5.41, 5.74) is 0.379. The number of ether oxygens (including phenoxy) is 1. The maximum absolute atomic E-state index is 11.3. The first-order valence-electron chi connectivity index (χ1n) is 5.36. The third-order valence-electron chi connectivity index (χ3n) is 3.77. The Kier molecular flexibility index (Phi) is 2.31. The quantitative estimate of drug-likeness (QED) is 0.582. The van der Waals surface area contributed by atoms with E-state index in [2.05, 4.69) is 0 Å². The highest BCUT2D eigenvalue weighted by Crippen LogP contribution is 2.60. The largest absolute Gasteiger partial charge is 0.469 e. The van der Waals surface area contributed by atoms with E-state index < -0.39 is 0 Å². The Hall–Kier alpha value is -0.530. The van der Waals surface area contributed by atoms with Crippen LogP contribution in [0.3, 0.4) is 0 Å². The van der Waals surface area contributed by atoms with Crippen LogP contribution in [0.1, 0.15) is 44.9 Å². The summed E-state index contributed by atoms with van der Waals surface area (Å²) in [6.45, 7) is 0. The van der Waals surface area contributed by atoms with Gasteiger partial charge in [-0.3, -0.25) is 4.79 Å². The number of methoxy groups -OCH3 is 1. The standard InChI is InChI=1S/C11H18O2/c1-13-10(12)9-8-11(9)6-4-2-3-5-7-11/h9H,2-8H2,1H3. The van der Waals surface area contributed by atoms with Gasteiger partial charge >= 0.3 is 5.97 Å². The lowest BCUT2D eigenvalue weighted by molar-refractivity contribution is -0.143. The van der Waals surface area contributed by atoms with Crippen molar-refractivity contribution in [2.75, 3.05) is 7.11 Å². The van der Waals surface area contributed by atoms with E-state index in [1.807, 2.05) is 0 Å². The number of carbonyl (C=O) groups is 1. The zero-order valence-corrected chi connectivity index (χ0v) is 8.34. The first-order chi connectivity index (χ1) is 6.28. The molecule has 0 radical (unpaired) electrons. The smallest absolute Gasteiger partial charge is 0.309 e. The van der Waals surface area contributed by atoms with E-state index in [9.17, 15) is 4.79 Å². The summed E-state index contributed by atoms with van der Waals surface area (Å²) in [5, 5.41) is 0. The maximum atomic E-state index is 11.3. The summed E-state index contributed by atoms with van der Waals surface area (Å²) < 4.78 is 4.80. The average molecular weight is 182 g/mol. The lowest BCUT2D eigenvalue weighted by atomic mass is 9.94. The van der Waals surface area contributed by atoms with Gasteiger partial charge in [-0.05, 0) is 24.7 Å². The fraction of sp³-hybridized carbons (Fsp3) is 0.909. The number of esters is 1. The monoisotopic (exact) mass is 182 g/mol. The summed E-state index contributed by atoms with van der Waals surface area (Å²) in [6, 6.07) is 0. The molecule has 0 N–H and O–H groups in total. The number of carbonyl (C=O) groups excluding carboxylic acids is 1. The van der Waals surface area contributed by atoms with Crippen LogP contribution in [-0.4, -0.2) is 13.1 Å². The first kappa shape index (κ1) is 9.04. The molecular weight excluding hydrogens is 164 g/mol. The Morgan fingerprint density at radius 3 is 2.38 bits per heavy atom. The van der Waals surface area contributed by atoms with Crippen molar-refractivity contribution in [3.05, 3.63) is 0 Å². The van der Waals surface area contributed by atoms with Gasteiger partial charge in [0.15, 0.2) is 0 Å². The highest BCUT2D eigenvalue weighted by atomic mass is 16.5. The van der Waals surface area contributed by atoms with E-state index >= 15 is 0 Å². The summed E-state index contributed by atoms with van der Waals surface area (Å²) >= 11 is 0. The molecule has 0 heterocycles. The van der Waals surface area contributed by atoms with Crippen LogP contribution in [-0.2, 0) is 9.53 Å². The van der Waals surface area contributed by atoms with Crippen LogP contribution in [0, 0.1) is 11.3 Å². The minimum atomic E-state index is 0.0295. The molecule has 1 spiro atoms. The van der Waals surface area contributed by atoms with Gasteiger partial charge in [0.25, 0.3) is 0 Å². The van der Waals surface area contributed by atoms with Crippen LogP contribution in [0.4, 0.5) is 0 Å². The minimum absolute atomic E-state index is 0.0295. The van der Waals surface area contributed by atoms with Crippen LogP contribution in [0.5, 0.6) is 0 Å². The van der Waals surface area contributed by atoms with E-state index in [4.69, 9.17) is 4.74 Å². The number of hydrogen-bond donors (Lipinski definition) is 0. The molecule has 2 rings (SSSR count). The second-order valence-electron chi connectivity index (χ2n) is 4.56. The zero-order chi connectivity index (χ0) is 9.31. The third kappa shape index (κ3) is 1.59. The van der Waals surface area contributed by atoms with Gasteiger partial charge in [0, 0.05) is 0 Å². The molecule has 13 heavy (non-hydrogen) atoms. The number of hydrogen-bond acceptors (Lipinski definition) is 2. The molecule has 0 saturated heterocycles. The predicted molar refractivity (Wildman–Crippen MR) is 50.3 cm³/mol. The molecule has 0 bridgehead atoms. The fourth-order valence-electron chi connectivity index (χ4n) is 2.81. The lowest BCUT2D eigenvalue weighted by Crippen LogP contribution is -2.11. The maximum Gasteiger partial charge on any atom is 0.309 e. The average Bonchev–Trinajstić information content (AvgIpc) is 2.90. The Balaban J connectivity index is 1.95. The van der Waals surface area contributed by atoms with Crippen LogP contribution in [0.2, 0.25) is 0 Å². The van der Waals surface area contributed by atoms with Gasteiger partial charge in [-0.25, -0.2) is 0 Å². The van der Waals surface area contributed by atoms with E-state index in [0.717, 1.165) is 6.42 Å². The van der Waals surface area contributed by atoms with Crippen molar-refractivity contribution in [3.8, 4) is 0 Å². The molecule has 2 aliphatic rings. The molecule has 74 valence electrons. The normalized spacial score (nSPS) is 31.0. The first-order valence-corrected chi connectivity index (χ1v) is 5.36. The zero-order valence-electron chi connectivity index (χ0n) is 8.34. The van der Waals surface area contributed by atoms with Crippen molar-refractivity contribution in [2.45, 2.75) is 44.9 Å². The van der Waals surface area contributed by atoms with Crippen LogP contribution in [0.15, 0.2) is 0 Å². The van der Waals surface area contributed by atoms with Crippen molar-refractivity contribution >= 4 is 5.97 Å². The summed E-state index contributed by atoms with van der Waals surface area (Å²) in [6.07, 6.45) is 8.95. The van der Waals surface area contributed by atoms with Gasteiger partial charge in [0.05, 0.1) is 13.0 Å². The van der Waals surface area contributed by atoms with Crippen LogP contribution >= 0.6 is 0 Å². The molecule has 1 atom stereocenters. The van der Waals surface area contributed by atoms with E-state index in [1.54, 1.807) is 0 Å². The summed E-state index contributed by atoms with van der Waals surface area (Å²) in [5.74, 6) is 0.275. The van der Waals surface area contributed by atoms with Gasteiger partial charge in [-0.15, -0.1) is 0 Å². The topological polar surface area (TPSA) is 26.3 Å². The van der Waals surface area contributed by atoms with Crippen molar-refractivity contribution < 1.29 is 9.53 Å². The molecule has 2 heteroatoms. The summed E-state index contributed by atoms with van der Waals surface area (Å²) in [4.78, 5) is 11.3. The van der Waals surface area contributed by atoms with Crippen molar-refractivity contribution in [2.24, 2.45) is 11.3 Å². The van der Waals surface area contributed by atoms with E-state index in [-0.39, 0.29) is 11.9 Å². The molecule has 0 aromatic heterocycles. The second-order valence-corrected chi connectivity index (χ2v) is 4.56. The molecule has 0 aromatic carbocycles. The Morgan fingerprint density at radius 1 is 1.23 bits per heavy atom. The molecule has 2 fully saturated rings. The SMILES string of the molecule is COC(=O)C1CC12CCCCCC2. The van der Waals surface area contributed by atoms with E-state index in [1.165, 1.54) is 45.6 Å². The molecular formula is C11H18O2. The summed E-state index contributed by atoms with van der Waals surface area (Å²) in [7, 11) is 1.51. The van der Waals surface area contributed by atoms with Gasteiger partial charge in [-0.2, -0.15) is 0 Å². The Bertz CT molecular complexity index is 202. The minimum Gasteiger partial charge on any atom is -0.469 e. The van der Waals surface area contributed by atoms with Gasteiger partial charge in [-0.1, -0.05) is 25.7 Å². The molecule has 0 aromatic rings. The van der Waals surface area contributed by atoms with Crippen molar-refractivity contribution in [1.29, 1.82) is 0 Å². The van der Waals surface area contributed by atoms with Gasteiger partial charge in [0.2, 0.25) is 0 Å². The van der Waals surface area contributed by atoms with Gasteiger partial charge in [0.1, 0.15) is 0 Å². The third-order valence-corrected chi connectivity index (χ3v) is 3.77. The number of rotatable bonds is 1. The van der Waals surface area contributed by atoms with Crippen molar-refractivity contribution in [1.82, 2.24) is 0 Å². The van der Waals surface area contributed by atoms with Crippen LogP contribution in [0.25, 0.3) is 0 Å². The Labute approximate surface area is 79.7 Å². The van der Waals surface area contributed by atoms with Crippen LogP contribution < -0.4 is 0 Å².